The number of carboxylic acids is 1. The molecule has 0 saturated heterocycles. The molecule has 1 N–H and O–H groups in total. The number of aliphatic carboxylic acids is 1. The molecule has 0 aromatic carbocycles. The van der Waals surface area contributed by atoms with Gasteiger partial charge in [0.05, 0.1) is 0 Å². The zero-order valence-corrected chi connectivity index (χ0v) is 7.22. The molecule has 0 aliphatic heterocycles. The van der Waals surface area contributed by atoms with Crippen molar-refractivity contribution in [2.75, 3.05) is 0 Å². The van der Waals surface area contributed by atoms with E-state index in [4.69, 9.17) is 9.90 Å². The van der Waals surface area contributed by atoms with Crippen LogP contribution < -0.4 is 0 Å². The van der Waals surface area contributed by atoms with Gasteiger partial charge in [-0.1, -0.05) is 0 Å². The number of halogens is 1. The molecule has 0 aliphatic carbocycles. The Hall–Kier alpha value is 1.14. The van der Waals surface area contributed by atoms with Crippen molar-refractivity contribution in [3.05, 3.63) is 0 Å². The molecule has 0 unspecified atom stereocenters. The van der Waals surface area contributed by atoms with Crippen molar-refractivity contribution in [3.8, 4) is 0 Å². The van der Waals surface area contributed by atoms with E-state index in [1.165, 1.54) is 0 Å². The Bertz CT molecular complexity index is 34.5. The summed E-state index contributed by atoms with van der Waals surface area (Å²) < 4.78 is 0. The first kappa shape index (κ1) is 15.7. The van der Waals surface area contributed by atoms with Crippen molar-refractivity contribution >= 4 is 18.4 Å². The molecule has 0 fully saturated rings. The van der Waals surface area contributed by atoms with Crippen LogP contribution in [0.15, 0.2) is 0 Å². The molecular weight excluding hydrogens is 232 g/mol. The Morgan fingerprint density at radius 1 is 1.67 bits per heavy atom. The van der Waals surface area contributed by atoms with E-state index in [0.29, 0.717) is 0 Å². The van der Waals surface area contributed by atoms with Crippen LogP contribution in [0.25, 0.3) is 0 Å². The minimum Gasteiger partial charge on any atom is -0.481 e. The summed E-state index contributed by atoms with van der Waals surface area (Å²) in [5.41, 5.74) is 0. The smallest absolute Gasteiger partial charge is 0.300 e. The molecule has 4 heteroatoms. The summed E-state index contributed by atoms with van der Waals surface area (Å²) in [5, 5.41) is 7.42. The van der Waals surface area contributed by atoms with E-state index in [2.05, 4.69) is 0 Å². The minimum absolute atomic E-state index is 0. The average Bonchev–Trinajstić information content (AvgIpc) is 0.811. The van der Waals surface area contributed by atoms with Gasteiger partial charge in [0, 0.05) is 48.7 Å². The summed E-state index contributed by atoms with van der Waals surface area (Å²) in [6.07, 6.45) is 0. The van der Waals surface area contributed by atoms with E-state index in [9.17, 15) is 0 Å². The maximum absolute atomic E-state index is 9.00. The van der Waals surface area contributed by atoms with Crippen molar-refractivity contribution in [1.29, 1.82) is 0 Å². The zero-order chi connectivity index (χ0) is 3.58. The Balaban J connectivity index is -0.0000000450. The molecule has 2 nitrogen and oxygen atoms in total. The van der Waals surface area contributed by atoms with Gasteiger partial charge in [0.1, 0.15) is 0 Å². The Morgan fingerprint density at radius 3 is 1.67 bits per heavy atom. The van der Waals surface area contributed by atoms with E-state index in [0.717, 1.165) is 6.92 Å². The van der Waals surface area contributed by atoms with Gasteiger partial charge in [-0.3, -0.25) is 4.79 Å². The van der Waals surface area contributed by atoms with Gasteiger partial charge in [0.2, 0.25) is 0 Å². The third-order valence-electron chi connectivity index (χ3n) is 0. The van der Waals surface area contributed by atoms with E-state index in [1.54, 1.807) is 0 Å². The summed E-state index contributed by atoms with van der Waals surface area (Å²) in [6, 6.07) is 0. The maximum atomic E-state index is 9.00. The van der Waals surface area contributed by atoms with Crippen molar-refractivity contribution in [2.45, 2.75) is 6.92 Å². The number of hydrogen-bond donors (Lipinski definition) is 1. The van der Waals surface area contributed by atoms with Crippen LogP contribution in [-0.2, 0) is 4.79 Å². The van der Waals surface area contributed by atoms with Gasteiger partial charge in [0.15, 0.2) is 0 Å². The first-order chi connectivity index (χ1) is 1.73. The monoisotopic (exact) mass is 236 g/mol. The molecule has 0 aliphatic rings. The second kappa shape index (κ2) is 9.46. The quantitative estimate of drug-likeness (QED) is 0.666. The summed E-state index contributed by atoms with van der Waals surface area (Å²) in [4.78, 5) is 9.00. The van der Waals surface area contributed by atoms with Crippen LogP contribution in [0.1, 0.15) is 6.92 Å². The van der Waals surface area contributed by atoms with Crippen molar-refractivity contribution in [1.82, 2.24) is 0 Å². The molecule has 0 rings (SSSR count). The van der Waals surface area contributed by atoms with Gasteiger partial charge >= 0.3 is 0 Å². The van der Waals surface area contributed by atoms with Crippen LogP contribution in [0.4, 0.5) is 0 Å². The van der Waals surface area contributed by atoms with Crippen LogP contribution in [0.2, 0.25) is 0 Å². The van der Waals surface area contributed by atoms with E-state index in [1.807, 2.05) is 0 Å². The molecule has 0 aromatic rings. The molecule has 6 heavy (non-hydrogen) atoms. The fourth-order valence-corrected chi connectivity index (χ4v) is 0. The normalized spacial score (nSPS) is 4.17. The molecular formula is C2H5CeClO2. The van der Waals surface area contributed by atoms with Gasteiger partial charge in [0.25, 0.3) is 5.97 Å². The summed E-state index contributed by atoms with van der Waals surface area (Å²) >= 11 is 0. The van der Waals surface area contributed by atoms with E-state index >= 15 is 0 Å². The Kier molecular flexibility index (Phi) is 24.8. The summed E-state index contributed by atoms with van der Waals surface area (Å²) in [6.45, 7) is 1.08. The van der Waals surface area contributed by atoms with Crippen molar-refractivity contribution in [2.24, 2.45) is 0 Å². The first-order valence-corrected chi connectivity index (χ1v) is 0.928. The second-order valence-electron chi connectivity index (χ2n) is 0.519. The van der Waals surface area contributed by atoms with Crippen LogP contribution in [0.3, 0.4) is 0 Å². The molecule has 36 valence electrons. The van der Waals surface area contributed by atoms with Gasteiger partial charge in [-0.2, -0.15) is 0 Å². The molecule has 0 bridgehead atoms. The van der Waals surface area contributed by atoms with Crippen LogP contribution in [0.5, 0.6) is 0 Å². The first-order valence-electron chi connectivity index (χ1n) is 0.928. The SMILES string of the molecule is CC(=O)O.Cl.[Ce]. The van der Waals surface area contributed by atoms with Crippen LogP contribution in [-0.4, -0.2) is 11.1 Å². The van der Waals surface area contributed by atoms with Gasteiger partial charge in [-0.05, 0) is 0 Å². The predicted octanol–water partition coefficient (Wildman–Crippen LogP) is 0.513. The zero-order valence-electron chi connectivity index (χ0n) is 3.26. The Labute approximate surface area is 76.1 Å². The average molecular weight is 237 g/mol. The molecule has 0 radical (unpaired) electrons. The third-order valence-corrected chi connectivity index (χ3v) is 0. The summed E-state index contributed by atoms with van der Waals surface area (Å²) in [5.74, 6) is -0.833. The van der Waals surface area contributed by atoms with Gasteiger partial charge < -0.3 is 5.11 Å². The third kappa shape index (κ3) is 68.0. The largest absolute Gasteiger partial charge is 0.481 e. The molecule has 0 heterocycles. The Morgan fingerprint density at radius 2 is 1.67 bits per heavy atom. The fourth-order valence-electron chi connectivity index (χ4n) is 0. The number of hydrogen-bond acceptors (Lipinski definition) is 1. The maximum Gasteiger partial charge on any atom is 0.300 e. The summed E-state index contributed by atoms with van der Waals surface area (Å²) in [7, 11) is 0. The van der Waals surface area contributed by atoms with Crippen molar-refractivity contribution in [3.63, 3.8) is 0 Å². The number of rotatable bonds is 0. The van der Waals surface area contributed by atoms with Gasteiger partial charge in [-0.25, -0.2) is 0 Å². The van der Waals surface area contributed by atoms with Crippen LogP contribution >= 0.6 is 12.4 Å². The van der Waals surface area contributed by atoms with E-state index in [-0.39, 0.29) is 54.2 Å². The second-order valence-corrected chi connectivity index (χ2v) is 0.519. The van der Waals surface area contributed by atoms with Crippen molar-refractivity contribution < 1.29 is 51.6 Å². The number of carbonyl (C=O) groups is 1. The topological polar surface area (TPSA) is 37.3 Å². The molecule has 0 aromatic heterocycles. The van der Waals surface area contributed by atoms with E-state index < -0.39 is 5.97 Å². The molecule has 0 atom stereocenters. The molecule has 0 amide bonds. The number of carboxylic acid groups (broad SMARTS) is 1. The molecule has 0 spiro atoms. The van der Waals surface area contributed by atoms with Gasteiger partial charge in [-0.15, -0.1) is 12.4 Å². The van der Waals surface area contributed by atoms with Crippen LogP contribution in [0, 0.1) is 41.7 Å². The predicted molar refractivity (Wildman–Crippen MR) is 20.6 cm³/mol. The fraction of sp³-hybridized carbons (Fsp3) is 0.500. The minimum atomic E-state index is -0.833. The standard InChI is InChI=1S/C2H4O2.Ce.ClH/c1-2(3)4;;/h1H3,(H,3,4);;1H. The molecule has 0 saturated carbocycles.